The van der Waals surface area contributed by atoms with Gasteiger partial charge in [0.15, 0.2) is 5.82 Å². The molecule has 4 rings (SSSR count). The van der Waals surface area contributed by atoms with Gasteiger partial charge in [0.25, 0.3) is 5.91 Å². The minimum absolute atomic E-state index is 0.0547. The first-order valence-corrected chi connectivity index (χ1v) is 10.3. The van der Waals surface area contributed by atoms with Gasteiger partial charge >= 0.3 is 6.09 Å². The average Bonchev–Trinajstić information content (AvgIpc) is 3.08. The maximum Gasteiger partial charge on any atom is 0.412 e. The molecule has 2 N–H and O–H groups in total. The van der Waals surface area contributed by atoms with E-state index in [2.05, 4.69) is 10.6 Å². The van der Waals surface area contributed by atoms with E-state index in [1.54, 1.807) is 18.2 Å². The number of rotatable bonds is 4. The van der Waals surface area contributed by atoms with E-state index in [9.17, 15) is 23.6 Å². The number of carbonyl (C=O) groups excluding carboxylic acids is 4. The third-order valence-electron chi connectivity index (χ3n) is 5.52. The fourth-order valence-electron chi connectivity index (χ4n) is 3.74. The summed E-state index contributed by atoms with van der Waals surface area (Å²) in [4.78, 5) is 49.8. The van der Waals surface area contributed by atoms with Crippen LogP contribution in [0.3, 0.4) is 0 Å². The second kappa shape index (κ2) is 8.58. The predicted molar refractivity (Wildman–Crippen MR) is 112 cm³/mol. The number of carbonyl (C=O) groups is 4. The van der Waals surface area contributed by atoms with Gasteiger partial charge in [0.05, 0.1) is 5.69 Å². The van der Waals surface area contributed by atoms with E-state index in [1.807, 2.05) is 0 Å². The molecule has 10 heteroatoms. The molecule has 2 aliphatic heterocycles. The Morgan fingerprint density at radius 1 is 1.28 bits per heavy atom. The number of halogens is 2. The molecular formula is C22H19ClFN3O5. The zero-order valence-electron chi connectivity index (χ0n) is 17.0. The molecule has 0 aliphatic carbocycles. The molecule has 166 valence electrons. The molecule has 32 heavy (non-hydrogen) atoms. The molecule has 2 aromatic carbocycles. The van der Waals surface area contributed by atoms with Crippen LogP contribution in [0, 0.1) is 12.7 Å². The van der Waals surface area contributed by atoms with Gasteiger partial charge in [-0.3, -0.25) is 25.0 Å². The summed E-state index contributed by atoms with van der Waals surface area (Å²) in [7, 11) is 0. The third-order valence-corrected chi connectivity index (χ3v) is 5.93. The first kappa shape index (κ1) is 21.8. The highest BCUT2D eigenvalue weighted by molar-refractivity contribution is 6.31. The van der Waals surface area contributed by atoms with E-state index >= 15 is 0 Å². The smallest absolute Gasteiger partial charge is 0.412 e. The van der Waals surface area contributed by atoms with Crippen LogP contribution in [-0.2, 0) is 27.5 Å². The number of imide groups is 1. The lowest BCUT2D eigenvalue weighted by atomic mass is 10.0. The van der Waals surface area contributed by atoms with Gasteiger partial charge in [-0.05, 0) is 42.7 Å². The summed E-state index contributed by atoms with van der Waals surface area (Å²) in [5.41, 5.74) is 1.87. The maximum atomic E-state index is 14.2. The van der Waals surface area contributed by atoms with E-state index in [0.29, 0.717) is 11.1 Å². The molecule has 2 aromatic rings. The largest absolute Gasteiger partial charge is 0.444 e. The number of nitrogens with zero attached hydrogens (tertiary/aromatic N) is 1. The van der Waals surface area contributed by atoms with Crippen molar-refractivity contribution < 1.29 is 28.3 Å². The zero-order chi connectivity index (χ0) is 23.0. The van der Waals surface area contributed by atoms with Crippen molar-refractivity contribution in [2.45, 2.75) is 39.0 Å². The third kappa shape index (κ3) is 4.16. The monoisotopic (exact) mass is 459 g/mol. The summed E-state index contributed by atoms with van der Waals surface area (Å²) in [6.07, 6.45) is -0.401. The molecule has 2 aliphatic rings. The molecule has 0 radical (unpaired) electrons. The van der Waals surface area contributed by atoms with E-state index in [4.69, 9.17) is 16.3 Å². The number of ether oxygens (including phenoxy) is 1. The van der Waals surface area contributed by atoms with Gasteiger partial charge in [-0.2, -0.15) is 0 Å². The molecule has 1 fully saturated rings. The molecule has 2 heterocycles. The van der Waals surface area contributed by atoms with Crippen molar-refractivity contribution in [2.24, 2.45) is 0 Å². The Bertz CT molecular complexity index is 1150. The molecule has 8 nitrogen and oxygen atoms in total. The fourth-order valence-corrected chi connectivity index (χ4v) is 3.89. The molecule has 4 amide bonds. The van der Waals surface area contributed by atoms with Crippen LogP contribution in [0.4, 0.5) is 14.9 Å². The maximum absolute atomic E-state index is 14.2. The normalized spacial score (nSPS) is 17.8. The number of piperidine rings is 1. The fraction of sp³-hybridized carbons (Fsp3) is 0.273. The number of fused-ring (bicyclic) bond motifs is 1. The van der Waals surface area contributed by atoms with Gasteiger partial charge < -0.3 is 9.64 Å². The molecular weight excluding hydrogens is 441 g/mol. The summed E-state index contributed by atoms with van der Waals surface area (Å²) in [5, 5.41) is 4.83. The molecule has 1 unspecified atom stereocenters. The average molecular weight is 460 g/mol. The number of anilines is 1. The Hall–Kier alpha value is -3.46. The number of amides is 4. The lowest BCUT2D eigenvalue weighted by Crippen LogP contribution is -2.52. The van der Waals surface area contributed by atoms with Crippen molar-refractivity contribution in [1.82, 2.24) is 10.2 Å². The predicted octanol–water partition coefficient (Wildman–Crippen LogP) is 3.30. The van der Waals surface area contributed by atoms with E-state index < -0.39 is 23.9 Å². The summed E-state index contributed by atoms with van der Waals surface area (Å²) < 4.78 is 19.3. The Morgan fingerprint density at radius 2 is 2.06 bits per heavy atom. The van der Waals surface area contributed by atoms with Crippen LogP contribution in [0.25, 0.3) is 0 Å². The van der Waals surface area contributed by atoms with Gasteiger partial charge in [-0.15, -0.1) is 0 Å². The van der Waals surface area contributed by atoms with E-state index in [0.717, 1.165) is 5.56 Å². The Morgan fingerprint density at radius 3 is 2.81 bits per heavy atom. The Labute approximate surface area is 187 Å². The second-order valence-electron chi connectivity index (χ2n) is 7.63. The highest BCUT2D eigenvalue weighted by Crippen LogP contribution is 2.29. The van der Waals surface area contributed by atoms with Gasteiger partial charge in [-0.1, -0.05) is 23.7 Å². The van der Waals surface area contributed by atoms with Crippen molar-refractivity contribution in [3.05, 3.63) is 63.4 Å². The van der Waals surface area contributed by atoms with Crippen LogP contribution >= 0.6 is 11.6 Å². The second-order valence-corrected chi connectivity index (χ2v) is 8.03. The lowest BCUT2D eigenvalue weighted by Gasteiger charge is -2.29. The van der Waals surface area contributed by atoms with Crippen LogP contribution in [-0.4, -0.2) is 34.8 Å². The van der Waals surface area contributed by atoms with Crippen molar-refractivity contribution in [2.75, 3.05) is 5.32 Å². The minimum atomic E-state index is -0.859. The quantitative estimate of drug-likeness (QED) is 0.682. The van der Waals surface area contributed by atoms with E-state index in [1.165, 1.54) is 24.0 Å². The molecule has 0 spiro atoms. The summed E-state index contributed by atoms with van der Waals surface area (Å²) in [5.74, 6) is -1.79. The number of hydrogen-bond donors (Lipinski definition) is 2. The van der Waals surface area contributed by atoms with Gasteiger partial charge in [0.2, 0.25) is 11.8 Å². The first-order valence-electron chi connectivity index (χ1n) is 9.89. The van der Waals surface area contributed by atoms with Crippen LogP contribution in [0.2, 0.25) is 5.02 Å². The van der Waals surface area contributed by atoms with Crippen molar-refractivity contribution in [1.29, 1.82) is 0 Å². The topological polar surface area (TPSA) is 105 Å². The summed E-state index contributed by atoms with van der Waals surface area (Å²) in [6.45, 7) is 1.62. The van der Waals surface area contributed by atoms with Gasteiger partial charge in [0, 0.05) is 29.1 Å². The SMILES string of the molecule is Cc1c(Cl)ccc(NC(=O)OCc2ccc3c(c2)C(=O)N(C2CCC(=O)NC2=O)C3)c1F. The van der Waals surface area contributed by atoms with Crippen LogP contribution in [0.5, 0.6) is 0 Å². The highest BCUT2D eigenvalue weighted by atomic mass is 35.5. The minimum Gasteiger partial charge on any atom is -0.444 e. The zero-order valence-corrected chi connectivity index (χ0v) is 17.8. The molecule has 0 bridgehead atoms. The van der Waals surface area contributed by atoms with Crippen LogP contribution in [0.1, 0.15) is 39.9 Å². The van der Waals surface area contributed by atoms with Crippen LogP contribution in [0.15, 0.2) is 30.3 Å². The Balaban J connectivity index is 1.40. The number of benzene rings is 2. The molecule has 0 saturated carbocycles. The summed E-state index contributed by atoms with van der Waals surface area (Å²) in [6, 6.07) is 7.15. The standard InChI is InChI=1S/C22H19ClFN3O5/c1-11-15(23)4-5-16(19(11)24)25-22(31)32-10-12-2-3-13-9-27(21(30)14(13)8-12)17-6-7-18(28)26-20(17)29/h2-5,8,17H,6-7,9-10H2,1H3,(H,25,31)(H,26,28,29). The summed E-state index contributed by atoms with van der Waals surface area (Å²) >= 11 is 5.84. The molecule has 0 aromatic heterocycles. The van der Waals surface area contributed by atoms with Crippen molar-refractivity contribution in [3.63, 3.8) is 0 Å². The van der Waals surface area contributed by atoms with Gasteiger partial charge in [0.1, 0.15) is 12.6 Å². The molecule has 1 saturated heterocycles. The van der Waals surface area contributed by atoms with Crippen molar-refractivity contribution in [3.8, 4) is 0 Å². The van der Waals surface area contributed by atoms with Gasteiger partial charge in [-0.25, -0.2) is 9.18 Å². The van der Waals surface area contributed by atoms with E-state index in [-0.39, 0.29) is 54.1 Å². The first-order chi connectivity index (χ1) is 15.2. The highest BCUT2D eigenvalue weighted by Gasteiger charge is 2.39. The molecule has 1 atom stereocenters. The Kier molecular flexibility index (Phi) is 5.84. The van der Waals surface area contributed by atoms with Crippen molar-refractivity contribution >= 4 is 41.1 Å². The number of nitrogens with one attached hydrogen (secondary N) is 2. The van der Waals surface area contributed by atoms with Crippen LogP contribution < -0.4 is 10.6 Å². The lowest BCUT2D eigenvalue weighted by molar-refractivity contribution is -0.136. The number of hydrogen-bond acceptors (Lipinski definition) is 5.